The topological polar surface area (TPSA) is 29.1 Å². The van der Waals surface area contributed by atoms with Gasteiger partial charge in [0, 0.05) is 17.2 Å². The molecule has 2 nitrogen and oxygen atoms in total. The first-order valence-corrected chi connectivity index (χ1v) is 7.73. The zero-order valence-electron chi connectivity index (χ0n) is 11.6. The molecule has 2 aromatic carbocycles. The Hall–Kier alpha value is -1.74. The molecule has 1 N–H and O–H groups in total. The minimum Gasteiger partial charge on any atom is -0.355 e. The lowest BCUT2D eigenvalue weighted by atomic mass is 10.1. The SMILES string of the molecule is Cc1ccc(SCCNC(=O)Cc2ccccc2)cc1. The van der Waals surface area contributed by atoms with Crippen molar-refractivity contribution in [2.24, 2.45) is 0 Å². The number of aryl methyl sites for hydroxylation is 1. The molecule has 0 spiro atoms. The van der Waals surface area contributed by atoms with Crippen LogP contribution >= 0.6 is 11.8 Å². The van der Waals surface area contributed by atoms with E-state index in [1.165, 1.54) is 10.5 Å². The van der Waals surface area contributed by atoms with Gasteiger partial charge in [0.2, 0.25) is 5.91 Å². The van der Waals surface area contributed by atoms with Crippen LogP contribution in [0.25, 0.3) is 0 Å². The average Bonchev–Trinajstić information content (AvgIpc) is 2.46. The molecule has 0 aliphatic heterocycles. The summed E-state index contributed by atoms with van der Waals surface area (Å²) in [6, 6.07) is 18.3. The second-order valence-electron chi connectivity index (χ2n) is 4.67. The molecule has 1 amide bonds. The Bertz CT molecular complexity index is 537. The molecule has 0 unspecified atom stereocenters. The fourth-order valence-corrected chi connectivity index (χ4v) is 2.61. The number of carbonyl (C=O) groups excluding carboxylic acids is 1. The van der Waals surface area contributed by atoms with Crippen molar-refractivity contribution in [2.45, 2.75) is 18.2 Å². The first-order chi connectivity index (χ1) is 9.74. The third-order valence-corrected chi connectivity index (χ3v) is 3.94. The predicted octanol–water partition coefficient (Wildman–Crippen LogP) is 3.45. The number of thioether (sulfide) groups is 1. The molecule has 0 saturated carbocycles. The van der Waals surface area contributed by atoms with Gasteiger partial charge in [0.05, 0.1) is 6.42 Å². The van der Waals surface area contributed by atoms with Crippen molar-refractivity contribution < 1.29 is 4.79 Å². The number of carbonyl (C=O) groups is 1. The maximum atomic E-state index is 11.7. The van der Waals surface area contributed by atoms with Crippen LogP contribution in [0.1, 0.15) is 11.1 Å². The van der Waals surface area contributed by atoms with Gasteiger partial charge in [0.1, 0.15) is 0 Å². The molecule has 0 heterocycles. The van der Waals surface area contributed by atoms with Gasteiger partial charge in [0.25, 0.3) is 0 Å². The van der Waals surface area contributed by atoms with Crippen molar-refractivity contribution in [1.29, 1.82) is 0 Å². The van der Waals surface area contributed by atoms with E-state index in [9.17, 15) is 4.79 Å². The van der Waals surface area contributed by atoms with Crippen LogP contribution in [0, 0.1) is 6.92 Å². The van der Waals surface area contributed by atoms with Crippen LogP contribution in [0.4, 0.5) is 0 Å². The van der Waals surface area contributed by atoms with Crippen LogP contribution in [0.15, 0.2) is 59.5 Å². The molecule has 0 aromatic heterocycles. The lowest BCUT2D eigenvalue weighted by molar-refractivity contribution is -0.120. The Labute approximate surface area is 124 Å². The van der Waals surface area contributed by atoms with Gasteiger partial charge in [-0.2, -0.15) is 0 Å². The lowest BCUT2D eigenvalue weighted by Crippen LogP contribution is -2.27. The molecular formula is C17H19NOS. The summed E-state index contributed by atoms with van der Waals surface area (Å²) in [5.74, 6) is 0.976. The highest BCUT2D eigenvalue weighted by Crippen LogP contribution is 2.17. The molecule has 2 rings (SSSR count). The number of hydrogen-bond donors (Lipinski definition) is 1. The van der Waals surface area contributed by atoms with Gasteiger partial charge in [0.15, 0.2) is 0 Å². The van der Waals surface area contributed by atoms with Gasteiger partial charge < -0.3 is 5.32 Å². The summed E-state index contributed by atoms with van der Waals surface area (Å²) in [4.78, 5) is 13.0. The molecule has 0 atom stereocenters. The second-order valence-corrected chi connectivity index (χ2v) is 5.84. The maximum absolute atomic E-state index is 11.7. The largest absolute Gasteiger partial charge is 0.355 e. The second kappa shape index (κ2) is 7.75. The van der Waals surface area contributed by atoms with Crippen molar-refractivity contribution in [3.8, 4) is 0 Å². The van der Waals surface area contributed by atoms with Gasteiger partial charge >= 0.3 is 0 Å². The molecule has 104 valence electrons. The van der Waals surface area contributed by atoms with Crippen LogP contribution in [0.5, 0.6) is 0 Å². The van der Waals surface area contributed by atoms with E-state index in [-0.39, 0.29) is 5.91 Å². The number of benzene rings is 2. The molecule has 0 radical (unpaired) electrons. The van der Waals surface area contributed by atoms with E-state index >= 15 is 0 Å². The maximum Gasteiger partial charge on any atom is 0.224 e. The lowest BCUT2D eigenvalue weighted by Gasteiger charge is -2.05. The van der Waals surface area contributed by atoms with Gasteiger partial charge in [-0.3, -0.25) is 4.79 Å². The smallest absolute Gasteiger partial charge is 0.224 e. The fraction of sp³-hybridized carbons (Fsp3) is 0.235. The molecule has 0 bridgehead atoms. The van der Waals surface area contributed by atoms with Crippen molar-refractivity contribution in [2.75, 3.05) is 12.3 Å². The summed E-state index contributed by atoms with van der Waals surface area (Å²) in [5, 5.41) is 2.95. The van der Waals surface area contributed by atoms with E-state index < -0.39 is 0 Å². The van der Waals surface area contributed by atoms with Gasteiger partial charge in [-0.15, -0.1) is 11.8 Å². The average molecular weight is 285 g/mol. The van der Waals surface area contributed by atoms with Crippen molar-refractivity contribution in [3.63, 3.8) is 0 Å². The Kier molecular flexibility index (Phi) is 5.69. The van der Waals surface area contributed by atoms with Crippen LogP contribution < -0.4 is 5.32 Å². The minimum absolute atomic E-state index is 0.0840. The molecule has 0 aliphatic rings. The van der Waals surface area contributed by atoms with E-state index in [4.69, 9.17) is 0 Å². The van der Waals surface area contributed by atoms with Gasteiger partial charge in [-0.05, 0) is 24.6 Å². The number of nitrogens with one attached hydrogen (secondary N) is 1. The van der Waals surface area contributed by atoms with Gasteiger partial charge in [-0.25, -0.2) is 0 Å². The van der Waals surface area contributed by atoms with Crippen molar-refractivity contribution in [1.82, 2.24) is 5.32 Å². The molecule has 0 aliphatic carbocycles. The van der Waals surface area contributed by atoms with Crippen LogP contribution in [0.2, 0.25) is 0 Å². The van der Waals surface area contributed by atoms with Crippen LogP contribution in [-0.2, 0) is 11.2 Å². The third-order valence-electron chi connectivity index (χ3n) is 2.92. The van der Waals surface area contributed by atoms with Crippen LogP contribution in [-0.4, -0.2) is 18.2 Å². The van der Waals surface area contributed by atoms with Gasteiger partial charge in [-0.1, -0.05) is 48.0 Å². The Morgan fingerprint density at radius 3 is 2.45 bits per heavy atom. The highest BCUT2D eigenvalue weighted by molar-refractivity contribution is 7.99. The molecule has 20 heavy (non-hydrogen) atoms. The first-order valence-electron chi connectivity index (χ1n) is 6.74. The number of hydrogen-bond acceptors (Lipinski definition) is 2. The summed E-state index contributed by atoms with van der Waals surface area (Å²) in [6.45, 7) is 2.78. The van der Waals surface area contributed by atoms with Crippen LogP contribution in [0.3, 0.4) is 0 Å². The Morgan fingerprint density at radius 1 is 1.05 bits per heavy atom. The van der Waals surface area contributed by atoms with E-state index in [1.807, 2.05) is 30.3 Å². The predicted molar refractivity (Wildman–Crippen MR) is 85.1 cm³/mol. The molecule has 0 fully saturated rings. The molecule has 3 heteroatoms. The highest BCUT2D eigenvalue weighted by atomic mass is 32.2. The summed E-state index contributed by atoms with van der Waals surface area (Å²) in [6.07, 6.45) is 0.454. The Balaban J connectivity index is 1.66. The van der Waals surface area contributed by atoms with Crippen molar-refractivity contribution >= 4 is 17.7 Å². The van der Waals surface area contributed by atoms with E-state index in [1.54, 1.807) is 11.8 Å². The zero-order chi connectivity index (χ0) is 14.2. The normalized spacial score (nSPS) is 10.2. The highest BCUT2D eigenvalue weighted by Gasteiger charge is 2.02. The van der Waals surface area contributed by atoms with Crippen molar-refractivity contribution in [3.05, 3.63) is 65.7 Å². The third kappa shape index (κ3) is 5.10. The quantitative estimate of drug-likeness (QED) is 0.650. The molecule has 2 aromatic rings. The Morgan fingerprint density at radius 2 is 1.75 bits per heavy atom. The zero-order valence-corrected chi connectivity index (χ0v) is 12.5. The number of amides is 1. The summed E-state index contributed by atoms with van der Waals surface area (Å²) < 4.78 is 0. The standard InChI is InChI=1S/C17H19NOS/c1-14-7-9-16(10-8-14)20-12-11-18-17(19)13-15-5-3-2-4-6-15/h2-10H,11-13H2,1H3,(H,18,19). The molecular weight excluding hydrogens is 266 g/mol. The monoisotopic (exact) mass is 285 g/mol. The van der Waals surface area contributed by atoms with E-state index in [2.05, 4.69) is 36.5 Å². The number of rotatable bonds is 6. The van der Waals surface area contributed by atoms with E-state index in [0.29, 0.717) is 13.0 Å². The fourth-order valence-electron chi connectivity index (χ4n) is 1.84. The summed E-state index contributed by atoms with van der Waals surface area (Å²) >= 11 is 1.76. The minimum atomic E-state index is 0.0840. The summed E-state index contributed by atoms with van der Waals surface area (Å²) in [5.41, 5.74) is 2.32. The van der Waals surface area contributed by atoms with E-state index in [0.717, 1.165) is 11.3 Å². The molecule has 0 saturated heterocycles. The summed E-state index contributed by atoms with van der Waals surface area (Å²) in [7, 11) is 0. The first kappa shape index (κ1) is 14.7.